The Hall–Kier alpha value is -1.85. The van der Waals surface area contributed by atoms with Crippen molar-refractivity contribution in [2.75, 3.05) is 6.61 Å². The smallest absolute Gasteiger partial charge is 0.330 e. The Bertz CT molecular complexity index is 613. The van der Waals surface area contributed by atoms with Crippen LogP contribution in [0.25, 0.3) is 0 Å². The Labute approximate surface area is 118 Å². The molecule has 1 rings (SSSR count). The normalized spacial score (nSPS) is 12.2. The van der Waals surface area contributed by atoms with Crippen LogP contribution in [0.4, 0.5) is 0 Å². The third-order valence-electron chi connectivity index (χ3n) is 3.43. The van der Waals surface area contributed by atoms with Gasteiger partial charge in [-0.05, 0) is 19.3 Å². The summed E-state index contributed by atoms with van der Waals surface area (Å²) in [6, 6.07) is 0. The van der Waals surface area contributed by atoms with Crippen LogP contribution in [0.5, 0.6) is 0 Å². The molecule has 0 aliphatic heterocycles. The fraction of sp³-hybridized carbons (Fsp3) is 0.643. The molecule has 0 aliphatic carbocycles. The number of aromatic nitrogens is 2. The highest BCUT2D eigenvalue weighted by atomic mass is 16.5. The van der Waals surface area contributed by atoms with Crippen LogP contribution in [0.2, 0.25) is 0 Å². The lowest BCUT2D eigenvalue weighted by Gasteiger charge is -2.16. The zero-order valence-corrected chi connectivity index (χ0v) is 12.7. The lowest BCUT2D eigenvalue weighted by molar-refractivity contribution is -0.144. The number of hydrogen-bond acceptors (Lipinski definition) is 4. The molecular weight excluding hydrogens is 260 g/mol. The molecule has 6 nitrogen and oxygen atoms in total. The fourth-order valence-electron chi connectivity index (χ4n) is 2.17. The fourth-order valence-corrected chi connectivity index (χ4v) is 2.17. The summed E-state index contributed by atoms with van der Waals surface area (Å²) in [7, 11) is 3.05. The Morgan fingerprint density at radius 1 is 1.25 bits per heavy atom. The van der Waals surface area contributed by atoms with Gasteiger partial charge in [-0.15, -0.1) is 0 Å². The molecule has 0 saturated heterocycles. The standard InChI is InChI=1S/C14H22N2O4/c1-6-7-20-11(17)8-9(2)12-10(3)15(4)14(19)16(5)13(12)18/h9H,6-8H2,1-5H3/t9-/m0/s1. The third-order valence-corrected chi connectivity index (χ3v) is 3.43. The van der Waals surface area contributed by atoms with Gasteiger partial charge in [-0.3, -0.25) is 14.2 Å². The SMILES string of the molecule is CCCOC(=O)C[C@H](C)c1c(C)n(C)c(=O)n(C)c1=O. The van der Waals surface area contributed by atoms with E-state index in [-0.39, 0.29) is 29.6 Å². The second-order valence-electron chi connectivity index (χ2n) is 5.03. The number of rotatable bonds is 5. The van der Waals surface area contributed by atoms with Gasteiger partial charge in [0.2, 0.25) is 0 Å². The van der Waals surface area contributed by atoms with Gasteiger partial charge in [0.1, 0.15) is 0 Å². The van der Waals surface area contributed by atoms with Gasteiger partial charge in [-0.1, -0.05) is 13.8 Å². The molecule has 20 heavy (non-hydrogen) atoms. The van der Waals surface area contributed by atoms with Gasteiger partial charge in [0.15, 0.2) is 0 Å². The summed E-state index contributed by atoms with van der Waals surface area (Å²) in [6.45, 7) is 5.81. The first kappa shape index (κ1) is 16.2. The van der Waals surface area contributed by atoms with E-state index in [0.717, 1.165) is 11.0 Å². The molecule has 0 amide bonds. The molecule has 1 heterocycles. The van der Waals surface area contributed by atoms with Crippen molar-refractivity contribution in [1.82, 2.24) is 9.13 Å². The summed E-state index contributed by atoms with van der Waals surface area (Å²) in [6.07, 6.45) is 0.898. The maximum atomic E-state index is 12.2. The van der Waals surface area contributed by atoms with Crippen LogP contribution in [0, 0.1) is 6.92 Å². The zero-order valence-electron chi connectivity index (χ0n) is 12.7. The highest BCUT2D eigenvalue weighted by molar-refractivity contribution is 5.70. The van der Waals surface area contributed by atoms with Crippen molar-refractivity contribution in [2.45, 2.75) is 39.5 Å². The van der Waals surface area contributed by atoms with E-state index in [1.165, 1.54) is 11.6 Å². The number of esters is 1. The minimum atomic E-state index is -0.364. The molecule has 0 bridgehead atoms. The highest BCUT2D eigenvalue weighted by Gasteiger charge is 2.21. The van der Waals surface area contributed by atoms with Crippen molar-refractivity contribution in [3.63, 3.8) is 0 Å². The summed E-state index contributed by atoms with van der Waals surface area (Å²) in [5, 5.41) is 0. The van der Waals surface area contributed by atoms with Gasteiger partial charge < -0.3 is 9.30 Å². The maximum Gasteiger partial charge on any atom is 0.330 e. The predicted octanol–water partition coefficient (Wildman–Crippen LogP) is 0.839. The van der Waals surface area contributed by atoms with E-state index in [9.17, 15) is 14.4 Å². The summed E-state index contributed by atoms with van der Waals surface area (Å²) in [5.41, 5.74) is 0.371. The quantitative estimate of drug-likeness (QED) is 0.750. The number of ether oxygens (including phenoxy) is 1. The van der Waals surface area contributed by atoms with Gasteiger partial charge >= 0.3 is 11.7 Å². The molecule has 112 valence electrons. The van der Waals surface area contributed by atoms with Crippen molar-refractivity contribution >= 4 is 5.97 Å². The second kappa shape index (κ2) is 6.54. The lowest BCUT2D eigenvalue weighted by atomic mass is 9.97. The molecule has 0 saturated carbocycles. The van der Waals surface area contributed by atoms with E-state index in [1.807, 2.05) is 6.92 Å². The van der Waals surface area contributed by atoms with Crippen molar-refractivity contribution in [3.8, 4) is 0 Å². The van der Waals surface area contributed by atoms with Gasteiger partial charge in [0, 0.05) is 25.4 Å². The minimum absolute atomic E-state index is 0.133. The van der Waals surface area contributed by atoms with E-state index < -0.39 is 0 Å². The molecule has 0 aliphatic rings. The average molecular weight is 282 g/mol. The molecule has 0 fully saturated rings. The minimum Gasteiger partial charge on any atom is -0.466 e. The molecule has 0 spiro atoms. The van der Waals surface area contributed by atoms with E-state index in [4.69, 9.17) is 4.74 Å². The molecule has 0 N–H and O–H groups in total. The average Bonchev–Trinajstić information content (AvgIpc) is 2.40. The number of nitrogens with zero attached hydrogens (tertiary/aromatic N) is 2. The van der Waals surface area contributed by atoms with E-state index in [1.54, 1.807) is 20.9 Å². The molecule has 1 atom stereocenters. The maximum absolute atomic E-state index is 12.2. The molecule has 0 radical (unpaired) electrons. The summed E-state index contributed by atoms with van der Waals surface area (Å²) in [4.78, 5) is 35.6. The Kier molecular flexibility index (Phi) is 5.30. The van der Waals surface area contributed by atoms with Gasteiger partial charge in [0.25, 0.3) is 5.56 Å². The summed E-state index contributed by atoms with van der Waals surface area (Å²) in [5.74, 6) is -0.612. The van der Waals surface area contributed by atoms with E-state index >= 15 is 0 Å². The first-order valence-electron chi connectivity index (χ1n) is 6.73. The van der Waals surface area contributed by atoms with E-state index in [2.05, 4.69) is 0 Å². The highest BCUT2D eigenvalue weighted by Crippen LogP contribution is 2.18. The summed E-state index contributed by atoms with van der Waals surface area (Å²) < 4.78 is 7.52. The van der Waals surface area contributed by atoms with Crippen molar-refractivity contribution in [3.05, 3.63) is 32.1 Å². The van der Waals surface area contributed by atoms with Crippen molar-refractivity contribution < 1.29 is 9.53 Å². The van der Waals surface area contributed by atoms with Crippen LogP contribution in [0.15, 0.2) is 9.59 Å². The number of carbonyl (C=O) groups is 1. The molecule has 1 aromatic heterocycles. The van der Waals surface area contributed by atoms with Gasteiger partial charge in [-0.2, -0.15) is 0 Å². The van der Waals surface area contributed by atoms with Gasteiger partial charge in [-0.25, -0.2) is 4.79 Å². The van der Waals surface area contributed by atoms with Crippen molar-refractivity contribution in [2.24, 2.45) is 14.1 Å². The third kappa shape index (κ3) is 3.18. The lowest BCUT2D eigenvalue weighted by Crippen LogP contribution is -2.41. The van der Waals surface area contributed by atoms with Crippen LogP contribution < -0.4 is 11.2 Å². The first-order valence-corrected chi connectivity index (χ1v) is 6.73. The zero-order chi connectivity index (χ0) is 15.4. The summed E-state index contributed by atoms with van der Waals surface area (Å²) >= 11 is 0. The Morgan fingerprint density at radius 2 is 1.85 bits per heavy atom. The monoisotopic (exact) mass is 282 g/mol. The second-order valence-corrected chi connectivity index (χ2v) is 5.03. The van der Waals surface area contributed by atoms with Gasteiger partial charge in [0.05, 0.1) is 13.0 Å². The van der Waals surface area contributed by atoms with Crippen LogP contribution in [0.1, 0.15) is 43.9 Å². The molecule has 1 aromatic rings. The molecular formula is C14H22N2O4. The van der Waals surface area contributed by atoms with Crippen LogP contribution in [-0.4, -0.2) is 21.7 Å². The number of carbonyl (C=O) groups excluding carboxylic acids is 1. The predicted molar refractivity (Wildman–Crippen MR) is 75.9 cm³/mol. The van der Waals surface area contributed by atoms with E-state index in [0.29, 0.717) is 17.9 Å². The van der Waals surface area contributed by atoms with Crippen molar-refractivity contribution in [1.29, 1.82) is 0 Å². The Balaban J connectivity index is 3.11. The largest absolute Gasteiger partial charge is 0.466 e. The first-order chi connectivity index (χ1) is 9.31. The van der Waals surface area contributed by atoms with Crippen LogP contribution in [-0.2, 0) is 23.6 Å². The molecule has 6 heteroatoms. The molecule has 0 unspecified atom stereocenters. The van der Waals surface area contributed by atoms with Crippen LogP contribution >= 0.6 is 0 Å². The molecule has 0 aromatic carbocycles. The Morgan fingerprint density at radius 3 is 2.40 bits per heavy atom. The topological polar surface area (TPSA) is 70.3 Å². The van der Waals surface area contributed by atoms with Crippen LogP contribution in [0.3, 0.4) is 0 Å². The number of hydrogen-bond donors (Lipinski definition) is 0.